The maximum atomic E-state index is 11.9. The van der Waals surface area contributed by atoms with Gasteiger partial charge in [0.25, 0.3) is 0 Å². The van der Waals surface area contributed by atoms with E-state index < -0.39 is 0 Å². The normalized spacial score (nSPS) is 11.8. The number of hydrogen-bond donors (Lipinski definition) is 0. The Morgan fingerprint density at radius 1 is 1.22 bits per heavy atom. The molecule has 3 heteroatoms. The van der Waals surface area contributed by atoms with Crippen molar-refractivity contribution in [2.24, 2.45) is 0 Å². The summed E-state index contributed by atoms with van der Waals surface area (Å²) in [4.78, 5) is 15.9. The van der Waals surface area contributed by atoms with Crippen LogP contribution in [0.5, 0.6) is 0 Å². The van der Waals surface area contributed by atoms with Gasteiger partial charge in [0.15, 0.2) is 0 Å². The molecular weight excluding hydrogens is 226 g/mol. The van der Waals surface area contributed by atoms with E-state index >= 15 is 0 Å². The molecule has 0 aliphatic heterocycles. The van der Waals surface area contributed by atoms with Gasteiger partial charge in [-0.3, -0.25) is 9.78 Å². The highest BCUT2D eigenvalue weighted by Crippen LogP contribution is 2.16. The monoisotopic (exact) mass is 241 g/mol. The van der Waals surface area contributed by atoms with E-state index in [-0.39, 0.29) is 11.9 Å². The average molecular weight is 241 g/mol. The zero-order valence-electron chi connectivity index (χ0n) is 10.2. The Bertz CT molecular complexity index is 496. The largest absolute Gasteiger partial charge is 0.460 e. The van der Waals surface area contributed by atoms with Crippen LogP contribution in [0.15, 0.2) is 54.9 Å². The maximum Gasteiger partial charge on any atom is 0.313 e. The summed E-state index contributed by atoms with van der Waals surface area (Å²) in [5.41, 5.74) is 1.86. The maximum absolute atomic E-state index is 11.9. The predicted octanol–water partition coefficient (Wildman–Crippen LogP) is 2.93. The van der Waals surface area contributed by atoms with E-state index in [4.69, 9.17) is 4.74 Å². The number of rotatable bonds is 4. The fourth-order valence-electron chi connectivity index (χ4n) is 1.62. The Morgan fingerprint density at radius 3 is 2.67 bits per heavy atom. The van der Waals surface area contributed by atoms with Crippen LogP contribution >= 0.6 is 0 Å². The third-order valence-corrected chi connectivity index (χ3v) is 2.76. The van der Waals surface area contributed by atoms with Crippen LogP contribution < -0.4 is 0 Å². The molecule has 0 saturated carbocycles. The third kappa shape index (κ3) is 3.17. The summed E-state index contributed by atoms with van der Waals surface area (Å²) in [5.74, 6) is -0.519. The molecule has 0 saturated heterocycles. The van der Waals surface area contributed by atoms with E-state index in [2.05, 4.69) is 4.98 Å². The highest BCUT2D eigenvalue weighted by atomic mass is 16.5. The van der Waals surface area contributed by atoms with E-state index in [1.54, 1.807) is 12.4 Å². The van der Waals surface area contributed by atoms with Crippen LogP contribution in [-0.2, 0) is 16.1 Å². The summed E-state index contributed by atoms with van der Waals surface area (Å²) in [7, 11) is 0. The van der Waals surface area contributed by atoms with Gasteiger partial charge < -0.3 is 4.74 Å². The van der Waals surface area contributed by atoms with Crippen LogP contribution in [0.1, 0.15) is 24.0 Å². The summed E-state index contributed by atoms with van der Waals surface area (Å²) in [6.45, 7) is 2.13. The first-order valence-corrected chi connectivity index (χ1v) is 5.88. The molecule has 2 rings (SSSR count). The van der Waals surface area contributed by atoms with Gasteiger partial charge in [0.05, 0.1) is 5.92 Å². The molecule has 1 aromatic carbocycles. The van der Waals surface area contributed by atoms with E-state index in [9.17, 15) is 4.79 Å². The van der Waals surface area contributed by atoms with Crippen molar-refractivity contribution in [3.63, 3.8) is 0 Å². The summed E-state index contributed by atoms with van der Waals surface area (Å²) in [6.07, 6.45) is 3.37. The van der Waals surface area contributed by atoms with Crippen molar-refractivity contribution >= 4 is 5.97 Å². The van der Waals surface area contributed by atoms with Crippen LogP contribution in [0.4, 0.5) is 0 Å². The number of benzene rings is 1. The second-order valence-electron chi connectivity index (χ2n) is 4.10. The smallest absolute Gasteiger partial charge is 0.313 e. The molecule has 18 heavy (non-hydrogen) atoms. The number of aromatic nitrogens is 1. The fourth-order valence-corrected chi connectivity index (χ4v) is 1.62. The number of carbonyl (C=O) groups excluding carboxylic acids is 1. The second-order valence-corrected chi connectivity index (χ2v) is 4.10. The van der Waals surface area contributed by atoms with Crippen LogP contribution in [0.25, 0.3) is 0 Å². The average Bonchev–Trinajstić information content (AvgIpc) is 2.46. The molecule has 0 fully saturated rings. The standard InChI is InChI=1S/C15H15NO2/c1-12(14-8-5-9-16-10-14)15(17)18-11-13-6-3-2-4-7-13/h2-10,12H,11H2,1H3. The van der Waals surface area contributed by atoms with Crippen molar-refractivity contribution in [1.82, 2.24) is 4.98 Å². The molecule has 1 heterocycles. The molecule has 0 N–H and O–H groups in total. The molecule has 0 aliphatic carbocycles. The summed E-state index contributed by atoms with van der Waals surface area (Å²) in [6, 6.07) is 13.3. The third-order valence-electron chi connectivity index (χ3n) is 2.76. The van der Waals surface area contributed by atoms with Gasteiger partial charge in [0.2, 0.25) is 0 Å². The van der Waals surface area contributed by atoms with Gasteiger partial charge in [-0.2, -0.15) is 0 Å². The van der Waals surface area contributed by atoms with Crippen LogP contribution in [0, 0.1) is 0 Å². The van der Waals surface area contributed by atoms with Gasteiger partial charge in [-0.25, -0.2) is 0 Å². The Labute approximate surface area is 106 Å². The number of ether oxygens (including phenoxy) is 1. The fraction of sp³-hybridized carbons (Fsp3) is 0.200. The zero-order chi connectivity index (χ0) is 12.8. The Balaban J connectivity index is 1.93. The first-order valence-electron chi connectivity index (χ1n) is 5.88. The van der Waals surface area contributed by atoms with Crippen molar-refractivity contribution in [1.29, 1.82) is 0 Å². The molecule has 92 valence electrons. The SMILES string of the molecule is CC(C(=O)OCc1ccccc1)c1cccnc1. The lowest BCUT2D eigenvalue weighted by molar-refractivity contribution is -0.146. The van der Waals surface area contributed by atoms with Crippen LogP contribution in [-0.4, -0.2) is 11.0 Å². The molecule has 3 nitrogen and oxygen atoms in total. The Morgan fingerprint density at radius 2 is 2.00 bits per heavy atom. The number of esters is 1. The molecule has 1 atom stereocenters. The van der Waals surface area contributed by atoms with Crippen molar-refractivity contribution < 1.29 is 9.53 Å². The highest BCUT2D eigenvalue weighted by molar-refractivity contribution is 5.77. The van der Waals surface area contributed by atoms with Crippen molar-refractivity contribution in [2.75, 3.05) is 0 Å². The molecule has 2 aromatic rings. The molecule has 0 bridgehead atoms. The number of nitrogens with zero attached hydrogens (tertiary/aromatic N) is 1. The lowest BCUT2D eigenvalue weighted by Crippen LogP contribution is -2.13. The van der Waals surface area contributed by atoms with Gasteiger partial charge in [0.1, 0.15) is 6.61 Å². The van der Waals surface area contributed by atoms with E-state index in [1.807, 2.05) is 49.4 Å². The Hall–Kier alpha value is -2.16. The second kappa shape index (κ2) is 5.96. The quantitative estimate of drug-likeness (QED) is 0.772. The van der Waals surface area contributed by atoms with E-state index in [0.29, 0.717) is 6.61 Å². The van der Waals surface area contributed by atoms with Gasteiger partial charge in [0, 0.05) is 12.4 Å². The minimum absolute atomic E-state index is 0.230. The molecule has 0 radical (unpaired) electrons. The van der Waals surface area contributed by atoms with Crippen LogP contribution in [0.3, 0.4) is 0 Å². The predicted molar refractivity (Wildman–Crippen MR) is 68.9 cm³/mol. The van der Waals surface area contributed by atoms with E-state index in [1.165, 1.54) is 0 Å². The number of hydrogen-bond acceptors (Lipinski definition) is 3. The summed E-state index contributed by atoms with van der Waals surface area (Å²) < 4.78 is 5.28. The highest BCUT2D eigenvalue weighted by Gasteiger charge is 2.16. The minimum Gasteiger partial charge on any atom is -0.460 e. The van der Waals surface area contributed by atoms with Crippen LogP contribution in [0.2, 0.25) is 0 Å². The molecule has 0 spiro atoms. The molecule has 1 aromatic heterocycles. The van der Waals surface area contributed by atoms with E-state index in [0.717, 1.165) is 11.1 Å². The molecule has 1 unspecified atom stereocenters. The summed E-state index contributed by atoms with van der Waals surface area (Å²) in [5, 5.41) is 0. The topological polar surface area (TPSA) is 39.2 Å². The first-order chi connectivity index (χ1) is 8.77. The number of pyridine rings is 1. The molecule has 0 amide bonds. The van der Waals surface area contributed by atoms with Gasteiger partial charge in [-0.1, -0.05) is 36.4 Å². The lowest BCUT2D eigenvalue weighted by atomic mass is 10.0. The Kier molecular flexibility index (Phi) is 4.07. The summed E-state index contributed by atoms with van der Waals surface area (Å²) >= 11 is 0. The van der Waals surface area contributed by atoms with Gasteiger partial charge in [-0.15, -0.1) is 0 Å². The number of carbonyl (C=O) groups is 1. The first kappa shape index (κ1) is 12.3. The molecule has 0 aliphatic rings. The van der Waals surface area contributed by atoms with Crippen molar-refractivity contribution in [3.8, 4) is 0 Å². The van der Waals surface area contributed by atoms with Crippen molar-refractivity contribution in [3.05, 3.63) is 66.0 Å². The lowest BCUT2D eigenvalue weighted by Gasteiger charge is -2.11. The van der Waals surface area contributed by atoms with Gasteiger partial charge in [-0.05, 0) is 24.1 Å². The van der Waals surface area contributed by atoms with Crippen molar-refractivity contribution in [2.45, 2.75) is 19.4 Å². The molecular formula is C15H15NO2. The zero-order valence-corrected chi connectivity index (χ0v) is 10.2. The minimum atomic E-state index is -0.289. The van der Waals surface area contributed by atoms with Gasteiger partial charge >= 0.3 is 5.97 Å².